The number of benzene rings is 2. The molecule has 28 heavy (non-hydrogen) atoms. The highest BCUT2D eigenvalue weighted by molar-refractivity contribution is 5.91. The minimum Gasteiger partial charge on any atom is -0.497 e. The second-order valence-electron chi connectivity index (χ2n) is 6.12. The summed E-state index contributed by atoms with van der Waals surface area (Å²) in [7, 11) is 4.92. The molecule has 0 saturated carbocycles. The van der Waals surface area contributed by atoms with Crippen molar-refractivity contribution in [2.24, 2.45) is 0 Å². The van der Waals surface area contributed by atoms with E-state index in [-0.39, 0.29) is 11.6 Å². The maximum atomic E-state index is 12.6. The Bertz CT molecular complexity index is 930. The number of methoxy groups -OCH3 is 2. The molecule has 7 nitrogen and oxygen atoms in total. The first-order valence-corrected chi connectivity index (χ1v) is 8.71. The van der Waals surface area contributed by atoms with Crippen molar-refractivity contribution in [3.8, 4) is 11.5 Å². The molecule has 0 saturated heterocycles. The molecule has 0 radical (unpaired) electrons. The Kier molecular flexibility index (Phi) is 6.06. The van der Waals surface area contributed by atoms with Gasteiger partial charge in [0.2, 0.25) is 0 Å². The third kappa shape index (κ3) is 4.56. The molecule has 2 aromatic carbocycles. The Morgan fingerprint density at radius 2 is 1.82 bits per heavy atom. The normalized spacial score (nSPS) is 10.2. The summed E-state index contributed by atoms with van der Waals surface area (Å²) in [4.78, 5) is 22.7. The van der Waals surface area contributed by atoms with Crippen LogP contribution in [0, 0.1) is 0 Å². The summed E-state index contributed by atoms with van der Waals surface area (Å²) in [5.41, 5.74) is 2.02. The molecule has 1 N–H and O–H groups in total. The van der Waals surface area contributed by atoms with E-state index < -0.39 is 0 Å². The van der Waals surface area contributed by atoms with Crippen LogP contribution < -0.4 is 14.8 Å². The lowest BCUT2D eigenvalue weighted by Gasteiger charge is -2.17. The van der Waals surface area contributed by atoms with Gasteiger partial charge in [-0.3, -0.25) is 4.79 Å². The number of hydrogen-bond donors (Lipinski definition) is 1. The van der Waals surface area contributed by atoms with Crippen molar-refractivity contribution < 1.29 is 14.3 Å². The average Bonchev–Trinajstić information content (AvgIpc) is 2.74. The van der Waals surface area contributed by atoms with E-state index in [4.69, 9.17) is 9.47 Å². The molecular formula is C21H22N4O3. The van der Waals surface area contributed by atoms with Gasteiger partial charge in [0.1, 0.15) is 23.0 Å². The van der Waals surface area contributed by atoms with Gasteiger partial charge in [0.25, 0.3) is 5.91 Å². The van der Waals surface area contributed by atoms with Gasteiger partial charge in [-0.2, -0.15) is 0 Å². The SMILES string of the molecule is COc1ccc(OC)c(Nc2cnc(C(=O)N(C)Cc3ccccc3)cn2)c1. The summed E-state index contributed by atoms with van der Waals surface area (Å²) in [6.45, 7) is 0.502. The smallest absolute Gasteiger partial charge is 0.274 e. The maximum absolute atomic E-state index is 12.6. The summed E-state index contributed by atoms with van der Waals surface area (Å²) in [5.74, 6) is 1.63. The molecule has 0 spiro atoms. The highest BCUT2D eigenvalue weighted by Crippen LogP contribution is 2.30. The molecule has 0 aliphatic heterocycles. The second-order valence-corrected chi connectivity index (χ2v) is 6.12. The van der Waals surface area contributed by atoms with Crippen molar-refractivity contribution in [2.45, 2.75) is 6.54 Å². The Hall–Kier alpha value is -3.61. The van der Waals surface area contributed by atoms with E-state index in [1.165, 1.54) is 12.4 Å². The van der Waals surface area contributed by atoms with Gasteiger partial charge in [0.05, 0.1) is 32.3 Å². The Morgan fingerprint density at radius 1 is 1.04 bits per heavy atom. The van der Waals surface area contributed by atoms with E-state index in [2.05, 4.69) is 15.3 Å². The van der Waals surface area contributed by atoms with Crippen LogP contribution in [0.1, 0.15) is 16.1 Å². The lowest BCUT2D eigenvalue weighted by molar-refractivity contribution is 0.0779. The first-order valence-electron chi connectivity index (χ1n) is 8.71. The third-order valence-corrected chi connectivity index (χ3v) is 4.15. The third-order valence-electron chi connectivity index (χ3n) is 4.15. The molecule has 0 aliphatic carbocycles. The van der Waals surface area contributed by atoms with Crippen molar-refractivity contribution >= 4 is 17.4 Å². The molecule has 1 heterocycles. The monoisotopic (exact) mass is 378 g/mol. The topological polar surface area (TPSA) is 76.6 Å². The number of nitrogens with one attached hydrogen (secondary N) is 1. The van der Waals surface area contributed by atoms with Crippen LogP contribution in [0.4, 0.5) is 11.5 Å². The van der Waals surface area contributed by atoms with Gasteiger partial charge in [0, 0.05) is 19.7 Å². The van der Waals surface area contributed by atoms with Crippen LogP contribution in [0.3, 0.4) is 0 Å². The average molecular weight is 378 g/mol. The van der Waals surface area contributed by atoms with Gasteiger partial charge in [-0.05, 0) is 17.7 Å². The maximum Gasteiger partial charge on any atom is 0.274 e. The molecular weight excluding hydrogens is 356 g/mol. The summed E-state index contributed by atoms with van der Waals surface area (Å²) >= 11 is 0. The lowest BCUT2D eigenvalue weighted by atomic mass is 10.2. The minimum atomic E-state index is -0.193. The zero-order valence-corrected chi connectivity index (χ0v) is 16.0. The molecule has 0 bridgehead atoms. The van der Waals surface area contributed by atoms with E-state index in [1.807, 2.05) is 30.3 Å². The summed E-state index contributed by atoms with van der Waals surface area (Å²) < 4.78 is 10.6. The molecule has 0 atom stereocenters. The standard InChI is InChI=1S/C21H22N4O3/c1-25(14-15-7-5-4-6-8-15)21(26)18-12-23-20(13-22-18)24-17-11-16(27-2)9-10-19(17)28-3/h4-13H,14H2,1-3H3,(H,23,24). The Labute approximate surface area is 164 Å². The molecule has 3 rings (SSSR count). The van der Waals surface area contributed by atoms with Crippen LogP contribution in [-0.4, -0.2) is 42.0 Å². The molecule has 0 unspecified atom stereocenters. The van der Waals surface area contributed by atoms with Crippen LogP contribution in [0.25, 0.3) is 0 Å². The quantitative estimate of drug-likeness (QED) is 0.678. The lowest BCUT2D eigenvalue weighted by Crippen LogP contribution is -2.27. The zero-order chi connectivity index (χ0) is 19.9. The first kappa shape index (κ1) is 19.2. The number of ether oxygens (including phenoxy) is 2. The van der Waals surface area contributed by atoms with Crippen molar-refractivity contribution in [3.63, 3.8) is 0 Å². The predicted octanol–water partition coefficient (Wildman–Crippen LogP) is 3.51. The number of carbonyl (C=O) groups is 1. The number of rotatable bonds is 7. The predicted molar refractivity (Wildman–Crippen MR) is 107 cm³/mol. The fourth-order valence-corrected chi connectivity index (χ4v) is 2.68. The minimum absolute atomic E-state index is 0.193. The van der Waals surface area contributed by atoms with Crippen molar-refractivity contribution in [1.82, 2.24) is 14.9 Å². The van der Waals surface area contributed by atoms with Gasteiger partial charge in [-0.25, -0.2) is 9.97 Å². The fourth-order valence-electron chi connectivity index (χ4n) is 2.68. The highest BCUT2D eigenvalue weighted by atomic mass is 16.5. The molecule has 7 heteroatoms. The molecule has 0 aliphatic rings. The second kappa shape index (κ2) is 8.85. The van der Waals surface area contributed by atoms with Crippen LogP contribution in [-0.2, 0) is 6.54 Å². The molecule has 3 aromatic rings. The van der Waals surface area contributed by atoms with Crippen LogP contribution in [0.15, 0.2) is 60.9 Å². The van der Waals surface area contributed by atoms with E-state index in [1.54, 1.807) is 44.4 Å². The van der Waals surface area contributed by atoms with Crippen molar-refractivity contribution in [2.75, 3.05) is 26.6 Å². The summed E-state index contributed by atoms with van der Waals surface area (Å²) in [5, 5.41) is 3.13. The van der Waals surface area contributed by atoms with Crippen LogP contribution >= 0.6 is 0 Å². The van der Waals surface area contributed by atoms with E-state index >= 15 is 0 Å². The van der Waals surface area contributed by atoms with Gasteiger partial charge in [-0.15, -0.1) is 0 Å². The van der Waals surface area contributed by atoms with E-state index in [9.17, 15) is 4.79 Å². The van der Waals surface area contributed by atoms with E-state index in [0.29, 0.717) is 29.5 Å². The fraction of sp³-hybridized carbons (Fsp3) is 0.190. The number of anilines is 2. The summed E-state index contributed by atoms with van der Waals surface area (Å²) in [6.07, 6.45) is 2.97. The van der Waals surface area contributed by atoms with Crippen molar-refractivity contribution in [1.29, 1.82) is 0 Å². The molecule has 1 amide bonds. The van der Waals surface area contributed by atoms with Crippen molar-refractivity contribution in [3.05, 3.63) is 72.2 Å². The summed E-state index contributed by atoms with van der Waals surface area (Å²) in [6, 6.07) is 15.2. The number of carbonyl (C=O) groups excluding carboxylic acids is 1. The molecule has 144 valence electrons. The number of hydrogen-bond acceptors (Lipinski definition) is 6. The zero-order valence-electron chi connectivity index (χ0n) is 16.0. The van der Waals surface area contributed by atoms with Gasteiger partial charge in [-0.1, -0.05) is 30.3 Å². The highest BCUT2D eigenvalue weighted by Gasteiger charge is 2.14. The van der Waals surface area contributed by atoms with Crippen LogP contribution in [0.5, 0.6) is 11.5 Å². The van der Waals surface area contributed by atoms with E-state index in [0.717, 1.165) is 5.56 Å². The Balaban J connectivity index is 1.70. The van der Waals surface area contributed by atoms with Crippen LogP contribution in [0.2, 0.25) is 0 Å². The molecule has 0 fully saturated rings. The van der Waals surface area contributed by atoms with Gasteiger partial charge < -0.3 is 19.7 Å². The number of amides is 1. The number of nitrogens with zero attached hydrogens (tertiary/aromatic N) is 3. The number of aromatic nitrogens is 2. The first-order chi connectivity index (χ1) is 13.6. The van der Waals surface area contributed by atoms with Gasteiger partial charge >= 0.3 is 0 Å². The van der Waals surface area contributed by atoms with Gasteiger partial charge in [0.15, 0.2) is 0 Å². The molecule has 1 aromatic heterocycles. The Morgan fingerprint density at radius 3 is 2.46 bits per heavy atom. The largest absolute Gasteiger partial charge is 0.497 e.